The molecular formula is C16H19N3O5S. The van der Waals surface area contributed by atoms with Gasteiger partial charge in [-0.2, -0.15) is 8.42 Å². The SMILES string of the molecule is CC(OC(=O)C1CCCN(C2=NS(=O)(=O)c3ccccc32)C1)C(N)=O. The lowest BCUT2D eigenvalue weighted by Gasteiger charge is -2.33. The van der Waals surface area contributed by atoms with Gasteiger partial charge in [0, 0.05) is 18.7 Å². The van der Waals surface area contributed by atoms with Crippen molar-refractivity contribution in [1.29, 1.82) is 0 Å². The number of amides is 1. The number of carbonyl (C=O) groups excluding carboxylic acids is 2. The van der Waals surface area contributed by atoms with Crippen molar-refractivity contribution in [3.8, 4) is 0 Å². The number of amidine groups is 1. The van der Waals surface area contributed by atoms with Crippen molar-refractivity contribution in [2.75, 3.05) is 13.1 Å². The van der Waals surface area contributed by atoms with Gasteiger partial charge in [-0.15, -0.1) is 4.40 Å². The molecule has 2 aliphatic rings. The lowest BCUT2D eigenvalue weighted by Crippen LogP contribution is -2.44. The zero-order valence-electron chi connectivity index (χ0n) is 13.7. The molecule has 25 heavy (non-hydrogen) atoms. The van der Waals surface area contributed by atoms with Crippen LogP contribution in [0.15, 0.2) is 33.6 Å². The molecule has 2 unspecified atom stereocenters. The van der Waals surface area contributed by atoms with Crippen LogP contribution in [-0.2, 0) is 24.3 Å². The maximum absolute atomic E-state index is 12.2. The molecule has 2 heterocycles. The van der Waals surface area contributed by atoms with Gasteiger partial charge in [-0.05, 0) is 31.9 Å². The molecule has 1 aromatic carbocycles. The Morgan fingerprint density at radius 2 is 2.08 bits per heavy atom. The summed E-state index contributed by atoms with van der Waals surface area (Å²) in [5.74, 6) is -1.32. The third kappa shape index (κ3) is 3.37. The standard InChI is InChI=1S/C16H19N3O5S/c1-10(14(17)20)24-16(21)11-5-4-8-19(9-11)15-12-6-2-3-7-13(12)25(22,23)18-15/h2-3,6-7,10-11H,4-5,8-9H2,1H3,(H2,17,20). The number of likely N-dealkylation sites (tertiary alicyclic amines) is 1. The first kappa shape index (κ1) is 17.4. The van der Waals surface area contributed by atoms with Gasteiger partial charge < -0.3 is 15.4 Å². The predicted molar refractivity (Wildman–Crippen MR) is 89.2 cm³/mol. The molecule has 3 rings (SSSR count). The average molecular weight is 365 g/mol. The quantitative estimate of drug-likeness (QED) is 0.768. The fourth-order valence-corrected chi connectivity index (χ4v) is 4.23. The number of benzene rings is 1. The molecule has 0 aliphatic carbocycles. The van der Waals surface area contributed by atoms with Crippen LogP contribution in [0.2, 0.25) is 0 Å². The molecule has 8 nitrogen and oxygen atoms in total. The van der Waals surface area contributed by atoms with E-state index in [1.54, 1.807) is 23.1 Å². The number of sulfonamides is 1. The van der Waals surface area contributed by atoms with E-state index in [0.29, 0.717) is 30.8 Å². The Labute approximate surface area is 145 Å². The molecule has 2 N–H and O–H groups in total. The summed E-state index contributed by atoms with van der Waals surface area (Å²) in [4.78, 5) is 25.2. The molecular weight excluding hydrogens is 346 g/mol. The highest BCUT2D eigenvalue weighted by Gasteiger charge is 2.36. The first-order valence-corrected chi connectivity index (χ1v) is 9.43. The number of nitrogens with zero attached hydrogens (tertiary/aromatic N) is 2. The van der Waals surface area contributed by atoms with Gasteiger partial charge in [0.15, 0.2) is 11.9 Å². The molecule has 1 fully saturated rings. The molecule has 0 saturated carbocycles. The Hall–Kier alpha value is -2.42. The normalized spacial score (nSPS) is 22.7. The van der Waals surface area contributed by atoms with E-state index in [2.05, 4.69) is 4.40 Å². The molecule has 1 aromatic rings. The van der Waals surface area contributed by atoms with Crippen LogP contribution in [0.3, 0.4) is 0 Å². The van der Waals surface area contributed by atoms with Gasteiger partial charge in [0.05, 0.1) is 5.92 Å². The van der Waals surface area contributed by atoms with Gasteiger partial charge in [0.2, 0.25) is 0 Å². The molecule has 9 heteroatoms. The van der Waals surface area contributed by atoms with E-state index in [1.807, 2.05) is 0 Å². The third-order valence-electron chi connectivity index (χ3n) is 4.36. The number of nitrogens with two attached hydrogens (primary N) is 1. The Bertz CT molecular complexity index is 849. The second-order valence-electron chi connectivity index (χ2n) is 6.15. The number of hydrogen-bond acceptors (Lipinski definition) is 6. The second-order valence-corrected chi connectivity index (χ2v) is 7.73. The van der Waals surface area contributed by atoms with Crippen molar-refractivity contribution in [1.82, 2.24) is 4.90 Å². The number of rotatable bonds is 3. The Balaban J connectivity index is 1.79. The number of piperidine rings is 1. The van der Waals surface area contributed by atoms with Crippen LogP contribution in [-0.4, -0.2) is 50.2 Å². The van der Waals surface area contributed by atoms with Crippen LogP contribution in [0, 0.1) is 5.92 Å². The second kappa shape index (κ2) is 6.47. The van der Waals surface area contributed by atoms with Crippen LogP contribution in [0.4, 0.5) is 0 Å². The number of ether oxygens (including phenoxy) is 1. The number of primary amides is 1. The van der Waals surface area contributed by atoms with Gasteiger partial charge in [-0.1, -0.05) is 12.1 Å². The van der Waals surface area contributed by atoms with Crippen molar-refractivity contribution in [3.63, 3.8) is 0 Å². The molecule has 0 aromatic heterocycles. The maximum atomic E-state index is 12.2. The van der Waals surface area contributed by atoms with Crippen molar-refractivity contribution in [2.24, 2.45) is 16.0 Å². The van der Waals surface area contributed by atoms with E-state index in [9.17, 15) is 18.0 Å². The fraction of sp³-hybridized carbons (Fsp3) is 0.438. The van der Waals surface area contributed by atoms with Gasteiger partial charge in [0.1, 0.15) is 4.90 Å². The van der Waals surface area contributed by atoms with E-state index in [1.165, 1.54) is 13.0 Å². The van der Waals surface area contributed by atoms with Gasteiger partial charge in [-0.3, -0.25) is 9.59 Å². The van der Waals surface area contributed by atoms with Gasteiger partial charge in [0.25, 0.3) is 15.9 Å². The molecule has 134 valence electrons. The lowest BCUT2D eigenvalue weighted by atomic mass is 9.97. The van der Waals surface area contributed by atoms with Crippen molar-refractivity contribution in [3.05, 3.63) is 29.8 Å². The maximum Gasteiger partial charge on any atom is 0.311 e. The molecule has 1 amide bonds. The molecule has 1 saturated heterocycles. The highest BCUT2D eigenvalue weighted by atomic mass is 32.2. The Kier molecular flexibility index (Phi) is 4.51. The molecule has 0 bridgehead atoms. The molecule has 0 radical (unpaired) electrons. The van der Waals surface area contributed by atoms with Crippen molar-refractivity contribution in [2.45, 2.75) is 30.8 Å². The van der Waals surface area contributed by atoms with E-state index < -0.39 is 33.9 Å². The third-order valence-corrected chi connectivity index (χ3v) is 5.69. The Morgan fingerprint density at radius 1 is 1.36 bits per heavy atom. The zero-order valence-corrected chi connectivity index (χ0v) is 14.5. The first-order valence-electron chi connectivity index (χ1n) is 7.98. The van der Waals surface area contributed by atoms with Crippen molar-refractivity contribution >= 4 is 27.7 Å². The number of esters is 1. The summed E-state index contributed by atoms with van der Waals surface area (Å²) < 4.78 is 33.3. The number of fused-ring (bicyclic) bond motifs is 1. The van der Waals surface area contributed by atoms with Crippen LogP contribution < -0.4 is 5.73 Å². The highest BCUT2D eigenvalue weighted by molar-refractivity contribution is 7.90. The summed E-state index contributed by atoms with van der Waals surface area (Å²) >= 11 is 0. The van der Waals surface area contributed by atoms with E-state index in [-0.39, 0.29) is 11.4 Å². The minimum atomic E-state index is -3.70. The number of hydrogen-bond donors (Lipinski definition) is 1. The summed E-state index contributed by atoms with van der Waals surface area (Å²) in [6, 6.07) is 6.62. The van der Waals surface area contributed by atoms with Gasteiger partial charge in [-0.25, -0.2) is 0 Å². The van der Waals surface area contributed by atoms with Crippen LogP contribution in [0.1, 0.15) is 25.3 Å². The zero-order chi connectivity index (χ0) is 18.2. The summed E-state index contributed by atoms with van der Waals surface area (Å²) in [6.45, 7) is 2.30. The average Bonchev–Trinajstić information content (AvgIpc) is 2.87. The predicted octanol–water partition coefficient (Wildman–Crippen LogP) is 0.265. The number of carbonyl (C=O) groups is 2. The highest BCUT2D eigenvalue weighted by Crippen LogP contribution is 2.30. The molecule has 0 spiro atoms. The smallest absolute Gasteiger partial charge is 0.311 e. The minimum Gasteiger partial charge on any atom is -0.452 e. The Morgan fingerprint density at radius 3 is 2.80 bits per heavy atom. The van der Waals surface area contributed by atoms with Crippen LogP contribution in [0.25, 0.3) is 0 Å². The summed E-state index contributed by atoms with van der Waals surface area (Å²) in [6.07, 6.45) is 0.293. The summed E-state index contributed by atoms with van der Waals surface area (Å²) in [5.41, 5.74) is 5.65. The molecule has 2 aliphatic heterocycles. The minimum absolute atomic E-state index is 0.178. The first-order chi connectivity index (χ1) is 11.8. The molecule has 2 atom stereocenters. The topological polar surface area (TPSA) is 119 Å². The van der Waals surface area contributed by atoms with E-state index >= 15 is 0 Å². The summed E-state index contributed by atoms with van der Waals surface area (Å²) in [5, 5.41) is 0. The summed E-state index contributed by atoms with van der Waals surface area (Å²) in [7, 11) is -3.70. The van der Waals surface area contributed by atoms with Crippen LogP contribution in [0.5, 0.6) is 0 Å². The van der Waals surface area contributed by atoms with Crippen molar-refractivity contribution < 1.29 is 22.7 Å². The van der Waals surface area contributed by atoms with E-state index in [4.69, 9.17) is 10.5 Å². The van der Waals surface area contributed by atoms with Crippen LogP contribution >= 0.6 is 0 Å². The van der Waals surface area contributed by atoms with E-state index in [0.717, 1.165) is 0 Å². The largest absolute Gasteiger partial charge is 0.452 e. The fourth-order valence-electron chi connectivity index (χ4n) is 3.01. The van der Waals surface area contributed by atoms with Gasteiger partial charge >= 0.3 is 5.97 Å². The lowest BCUT2D eigenvalue weighted by molar-refractivity contribution is -0.159. The monoisotopic (exact) mass is 365 g/mol.